The van der Waals surface area contributed by atoms with Crippen molar-refractivity contribution in [2.45, 2.75) is 178 Å². The standard InChI is InChI=1S/C33H70N7O4Si2/c1-4-5-6-7-8-9-10-11-12-13-14-15-16-21-26-37-31(42)28(22-17-19-24-34)38-32(43)33(3,45)39-30(41)27(2)40-46(44)29(36)23-18-20-25-35/h27-29,32,38,40,43H,4-26,34-36H2,1-3H3,(H,37,42)(H,39,41)/t27-,28-,29+,32?,33+/m0/s1. The number of hydrogen-bond acceptors (Lipinski definition) is 8. The van der Waals surface area contributed by atoms with E-state index < -0.39 is 43.9 Å². The summed E-state index contributed by atoms with van der Waals surface area (Å²) in [4.78, 5) is 28.7. The third kappa shape index (κ3) is 23.2. The smallest absolute Gasteiger partial charge is 0.379 e. The highest BCUT2D eigenvalue weighted by Crippen LogP contribution is 2.13. The number of rotatable bonds is 32. The third-order valence-corrected chi connectivity index (χ3v) is 10.5. The number of carbonyl (C=O) groups excluding carboxylic acids is 2. The van der Waals surface area contributed by atoms with Gasteiger partial charge in [-0.05, 0) is 59.0 Å². The van der Waals surface area contributed by atoms with Gasteiger partial charge in [0.2, 0.25) is 11.8 Å². The number of nitrogens with two attached hydrogens (primary N) is 3. The van der Waals surface area contributed by atoms with Crippen LogP contribution in [0.3, 0.4) is 0 Å². The highest BCUT2D eigenvalue weighted by molar-refractivity contribution is 6.42. The molecule has 11 nitrogen and oxygen atoms in total. The fourth-order valence-electron chi connectivity index (χ4n) is 5.25. The molecule has 3 radical (unpaired) electrons. The Hall–Kier alpha value is -1.23. The van der Waals surface area contributed by atoms with E-state index in [1.54, 1.807) is 13.8 Å². The number of hydrogen-bond donors (Lipinski definition) is 8. The van der Waals surface area contributed by atoms with Gasteiger partial charge in [0.15, 0.2) is 0 Å². The Bertz CT molecular complexity index is 795. The van der Waals surface area contributed by atoms with Crippen molar-refractivity contribution in [2.24, 2.45) is 17.2 Å². The topological polar surface area (TPSA) is 198 Å². The molecule has 0 rings (SSSR count). The van der Waals surface area contributed by atoms with Gasteiger partial charge in [-0.3, -0.25) is 14.9 Å². The molecule has 0 aliphatic carbocycles. The maximum Gasteiger partial charge on any atom is 0.410 e. The molecule has 1 unspecified atom stereocenters. The SMILES string of the molecule is CCCCCCCCCCCCCCCCNC(=O)[C@H](CCCCN)NC(O)[C@@](C)([Si])NC(=O)[C@H](C)N[Si](=O)[C@@H](N)CCCCN. The summed E-state index contributed by atoms with van der Waals surface area (Å²) in [5.41, 5.74) is 16.6. The zero-order chi connectivity index (χ0) is 34.6. The average molecular weight is 685 g/mol. The van der Waals surface area contributed by atoms with Crippen LogP contribution in [0.15, 0.2) is 0 Å². The minimum absolute atomic E-state index is 0.184. The summed E-state index contributed by atoms with van der Waals surface area (Å²) in [5, 5.41) is 18.4. The first kappa shape index (κ1) is 44.8. The van der Waals surface area contributed by atoms with Crippen molar-refractivity contribution in [3.63, 3.8) is 0 Å². The summed E-state index contributed by atoms with van der Waals surface area (Å²) < 4.78 is 12.6. The van der Waals surface area contributed by atoms with Crippen LogP contribution in [0.1, 0.15) is 149 Å². The quantitative estimate of drug-likeness (QED) is 0.0298. The summed E-state index contributed by atoms with van der Waals surface area (Å²) in [6.07, 6.45) is 20.7. The van der Waals surface area contributed by atoms with E-state index in [1.807, 2.05) is 0 Å². The molecule has 46 heavy (non-hydrogen) atoms. The molecule has 0 aliphatic rings. The lowest BCUT2D eigenvalue weighted by Gasteiger charge is -2.35. The van der Waals surface area contributed by atoms with Crippen molar-refractivity contribution < 1.29 is 19.2 Å². The maximum absolute atomic E-state index is 13.1. The lowest BCUT2D eigenvalue weighted by Crippen LogP contribution is -2.65. The first-order chi connectivity index (χ1) is 22.0. The molecule has 2 amide bonds. The van der Waals surface area contributed by atoms with Gasteiger partial charge in [0, 0.05) is 6.54 Å². The van der Waals surface area contributed by atoms with Crippen LogP contribution in [0.2, 0.25) is 0 Å². The Morgan fingerprint density at radius 3 is 1.76 bits per heavy atom. The molecule has 0 aromatic heterocycles. The van der Waals surface area contributed by atoms with E-state index in [9.17, 15) is 19.2 Å². The maximum atomic E-state index is 13.1. The minimum atomic E-state index is -2.42. The lowest BCUT2D eigenvalue weighted by atomic mass is 10.0. The molecule has 0 saturated heterocycles. The molecule has 0 fully saturated rings. The van der Waals surface area contributed by atoms with Gasteiger partial charge in [-0.2, -0.15) is 0 Å². The number of nitrogens with one attached hydrogen (secondary N) is 4. The van der Waals surface area contributed by atoms with Crippen LogP contribution in [0.5, 0.6) is 0 Å². The summed E-state index contributed by atoms with van der Waals surface area (Å²) in [6, 6.07) is -1.46. The van der Waals surface area contributed by atoms with Crippen molar-refractivity contribution in [3.8, 4) is 0 Å². The molecule has 5 atom stereocenters. The predicted molar refractivity (Wildman–Crippen MR) is 191 cm³/mol. The third-order valence-electron chi connectivity index (χ3n) is 8.44. The van der Waals surface area contributed by atoms with E-state index in [-0.39, 0.29) is 5.91 Å². The second kappa shape index (κ2) is 28.8. The number of amides is 2. The minimum Gasteiger partial charge on any atom is -0.379 e. The van der Waals surface area contributed by atoms with E-state index in [0.717, 1.165) is 38.5 Å². The molecule has 0 heterocycles. The molecule has 269 valence electrons. The van der Waals surface area contributed by atoms with Crippen molar-refractivity contribution in [3.05, 3.63) is 0 Å². The lowest BCUT2D eigenvalue weighted by molar-refractivity contribution is -0.125. The van der Waals surface area contributed by atoms with Gasteiger partial charge >= 0.3 is 8.84 Å². The highest BCUT2D eigenvalue weighted by Gasteiger charge is 2.34. The zero-order valence-electron chi connectivity index (χ0n) is 29.5. The zero-order valence-corrected chi connectivity index (χ0v) is 31.5. The van der Waals surface area contributed by atoms with Gasteiger partial charge in [0.25, 0.3) is 0 Å². The van der Waals surface area contributed by atoms with E-state index in [2.05, 4.69) is 38.1 Å². The molecule has 0 aromatic rings. The van der Waals surface area contributed by atoms with E-state index in [1.165, 1.54) is 77.0 Å². The van der Waals surface area contributed by atoms with Gasteiger partial charge in [0.05, 0.1) is 33.2 Å². The van der Waals surface area contributed by atoms with Crippen LogP contribution in [0, 0.1) is 0 Å². The Balaban J connectivity index is 4.52. The number of aliphatic hydroxyl groups excluding tert-OH is 1. The van der Waals surface area contributed by atoms with Crippen molar-refractivity contribution in [1.29, 1.82) is 0 Å². The number of aliphatic hydroxyl groups is 1. The van der Waals surface area contributed by atoms with Crippen molar-refractivity contribution >= 4 is 30.9 Å². The van der Waals surface area contributed by atoms with Gasteiger partial charge in [-0.25, -0.2) is 0 Å². The second-order valence-electron chi connectivity index (χ2n) is 13.1. The molecule has 0 saturated carbocycles. The van der Waals surface area contributed by atoms with Crippen LogP contribution < -0.4 is 38.1 Å². The van der Waals surface area contributed by atoms with E-state index in [0.29, 0.717) is 32.5 Å². The first-order valence-electron chi connectivity index (χ1n) is 18.2. The summed E-state index contributed by atoms with van der Waals surface area (Å²) in [5.74, 6) is -0.649. The molecule has 11 N–H and O–H groups in total. The Kier molecular flexibility index (Phi) is 28.0. The number of carbonyl (C=O) groups is 2. The van der Waals surface area contributed by atoms with Gasteiger partial charge in [0.1, 0.15) is 6.23 Å². The monoisotopic (exact) mass is 685 g/mol. The molecule has 0 spiro atoms. The Labute approximate surface area is 285 Å². The van der Waals surface area contributed by atoms with Crippen LogP contribution >= 0.6 is 0 Å². The normalized spacial score (nSPS) is 15.4. The highest BCUT2D eigenvalue weighted by atomic mass is 28.3. The van der Waals surface area contributed by atoms with Gasteiger partial charge in [-0.15, -0.1) is 0 Å². The fraction of sp³-hybridized carbons (Fsp3) is 0.939. The average Bonchev–Trinajstić information content (AvgIpc) is 3.01. The molecule has 0 aliphatic heterocycles. The van der Waals surface area contributed by atoms with E-state index >= 15 is 0 Å². The van der Waals surface area contributed by atoms with E-state index in [4.69, 9.17) is 17.2 Å². The van der Waals surface area contributed by atoms with Crippen molar-refractivity contribution in [2.75, 3.05) is 19.6 Å². The molecule has 13 heteroatoms. The first-order valence-corrected chi connectivity index (χ1v) is 20.2. The largest absolute Gasteiger partial charge is 0.410 e. The van der Waals surface area contributed by atoms with Crippen LogP contribution in [-0.2, 0) is 14.1 Å². The summed E-state index contributed by atoms with van der Waals surface area (Å²) in [6.45, 7) is 7.10. The predicted octanol–water partition coefficient (Wildman–Crippen LogP) is 2.88. The molecular formula is C33H70N7O4Si2. The summed E-state index contributed by atoms with van der Waals surface area (Å²) >= 11 is 0. The van der Waals surface area contributed by atoms with Crippen molar-refractivity contribution in [1.82, 2.24) is 20.9 Å². The second-order valence-corrected chi connectivity index (χ2v) is 15.9. The molecule has 0 bridgehead atoms. The summed E-state index contributed by atoms with van der Waals surface area (Å²) in [7, 11) is 1.05. The van der Waals surface area contributed by atoms with Crippen LogP contribution in [-0.4, -0.2) is 84.8 Å². The van der Waals surface area contributed by atoms with Crippen LogP contribution in [0.4, 0.5) is 0 Å². The van der Waals surface area contributed by atoms with Gasteiger partial charge < -0.3 is 42.4 Å². The fourth-order valence-corrected chi connectivity index (χ4v) is 6.70. The van der Waals surface area contributed by atoms with Gasteiger partial charge in [-0.1, -0.05) is 103 Å². The Morgan fingerprint density at radius 1 is 0.783 bits per heavy atom. The molecule has 0 aromatic carbocycles. The number of unbranched alkanes of at least 4 members (excludes halogenated alkanes) is 15. The Morgan fingerprint density at radius 2 is 1.26 bits per heavy atom. The van der Waals surface area contributed by atoms with Crippen LogP contribution in [0.25, 0.3) is 0 Å². The molecular weight excluding hydrogens is 615 g/mol.